The lowest BCUT2D eigenvalue weighted by Crippen LogP contribution is -2.21. The largest absolute Gasteiger partial charge is 0.346 e. The quantitative estimate of drug-likeness (QED) is 0.657. The Morgan fingerprint density at radius 1 is 1.20 bits per heavy atom. The Labute approximate surface area is 100 Å². The number of anilines is 1. The number of nitrogens with zero attached hydrogens (tertiary/aromatic N) is 1. The SMILES string of the molecule is C=C1N(C)c2c(Cl)ccc(Cl)c2C1(C)C. The molecule has 0 N–H and O–H groups in total. The molecule has 0 aliphatic carbocycles. The Bertz CT molecular complexity index is 449. The van der Waals surface area contributed by atoms with Gasteiger partial charge < -0.3 is 4.90 Å². The normalized spacial score (nSPS) is 18.2. The number of hydrogen-bond acceptors (Lipinski definition) is 1. The number of fused-ring (bicyclic) bond motifs is 1. The average Bonchev–Trinajstić information content (AvgIpc) is 2.34. The van der Waals surface area contributed by atoms with Crippen molar-refractivity contribution in [3.63, 3.8) is 0 Å². The second kappa shape index (κ2) is 3.16. The van der Waals surface area contributed by atoms with Crippen LogP contribution >= 0.6 is 23.2 Å². The summed E-state index contributed by atoms with van der Waals surface area (Å²) in [4.78, 5) is 2.02. The van der Waals surface area contributed by atoms with E-state index >= 15 is 0 Å². The molecule has 0 aromatic heterocycles. The highest BCUT2D eigenvalue weighted by molar-refractivity contribution is 6.36. The highest BCUT2D eigenvalue weighted by Gasteiger charge is 2.40. The summed E-state index contributed by atoms with van der Waals surface area (Å²) >= 11 is 12.4. The van der Waals surface area contributed by atoms with Gasteiger partial charge in [0.15, 0.2) is 0 Å². The fraction of sp³-hybridized carbons (Fsp3) is 0.333. The smallest absolute Gasteiger partial charge is 0.0652 e. The zero-order valence-electron chi connectivity index (χ0n) is 9.06. The molecule has 0 spiro atoms. The van der Waals surface area contributed by atoms with Crippen molar-refractivity contribution < 1.29 is 0 Å². The standard InChI is InChI=1S/C12H13Cl2N/c1-7-12(2,3)10-8(13)5-6-9(14)11(10)15(7)4/h5-6H,1H2,2-4H3. The van der Waals surface area contributed by atoms with Gasteiger partial charge in [-0.15, -0.1) is 0 Å². The summed E-state index contributed by atoms with van der Waals surface area (Å²) in [5, 5.41) is 1.48. The Morgan fingerprint density at radius 3 is 2.27 bits per heavy atom. The summed E-state index contributed by atoms with van der Waals surface area (Å²) < 4.78 is 0. The zero-order valence-corrected chi connectivity index (χ0v) is 10.6. The molecule has 0 bridgehead atoms. The highest BCUT2D eigenvalue weighted by Crippen LogP contribution is 2.51. The predicted molar refractivity (Wildman–Crippen MR) is 67.0 cm³/mol. The predicted octanol–water partition coefficient (Wildman–Crippen LogP) is 4.23. The molecule has 1 heterocycles. The number of benzene rings is 1. The summed E-state index contributed by atoms with van der Waals surface area (Å²) in [5.74, 6) is 0. The van der Waals surface area contributed by atoms with E-state index in [4.69, 9.17) is 23.2 Å². The van der Waals surface area contributed by atoms with Crippen molar-refractivity contribution in [1.29, 1.82) is 0 Å². The molecule has 1 aromatic carbocycles. The maximum Gasteiger partial charge on any atom is 0.0652 e. The van der Waals surface area contributed by atoms with E-state index in [9.17, 15) is 0 Å². The number of likely N-dealkylation sites (N-methyl/N-ethyl adjacent to an activating group) is 1. The minimum Gasteiger partial charge on any atom is -0.346 e. The van der Waals surface area contributed by atoms with Crippen LogP contribution in [0, 0.1) is 0 Å². The molecule has 3 heteroatoms. The monoisotopic (exact) mass is 241 g/mol. The fourth-order valence-corrected chi connectivity index (χ4v) is 2.84. The Balaban J connectivity index is 2.82. The van der Waals surface area contributed by atoms with Crippen LogP contribution in [-0.4, -0.2) is 7.05 Å². The maximum atomic E-state index is 6.23. The first-order valence-electron chi connectivity index (χ1n) is 4.79. The van der Waals surface area contributed by atoms with Gasteiger partial charge in [-0.25, -0.2) is 0 Å². The van der Waals surface area contributed by atoms with E-state index in [2.05, 4.69) is 20.4 Å². The summed E-state index contributed by atoms with van der Waals surface area (Å²) in [7, 11) is 1.97. The second-order valence-electron chi connectivity index (χ2n) is 4.38. The molecule has 0 atom stereocenters. The Kier molecular flexibility index (Phi) is 2.29. The molecular formula is C12H13Cl2N. The molecule has 0 saturated carbocycles. The first-order valence-corrected chi connectivity index (χ1v) is 5.54. The third-order valence-corrected chi connectivity index (χ3v) is 3.78. The van der Waals surface area contributed by atoms with E-state index in [-0.39, 0.29) is 5.41 Å². The van der Waals surface area contributed by atoms with Gasteiger partial charge in [-0.05, 0) is 12.1 Å². The minimum atomic E-state index is -0.147. The van der Waals surface area contributed by atoms with Crippen LogP contribution in [-0.2, 0) is 5.41 Å². The van der Waals surface area contributed by atoms with E-state index in [0.29, 0.717) is 0 Å². The molecule has 80 valence electrons. The van der Waals surface area contributed by atoms with Crippen LogP contribution in [0.5, 0.6) is 0 Å². The molecular weight excluding hydrogens is 229 g/mol. The van der Waals surface area contributed by atoms with Crippen LogP contribution in [0.1, 0.15) is 19.4 Å². The number of hydrogen-bond donors (Lipinski definition) is 0. The average molecular weight is 242 g/mol. The van der Waals surface area contributed by atoms with Crippen molar-refractivity contribution in [2.24, 2.45) is 0 Å². The van der Waals surface area contributed by atoms with Gasteiger partial charge in [0.25, 0.3) is 0 Å². The first-order chi connectivity index (χ1) is 6.87. The van der Waals surface area contributed by atoms with Gasteiger partial charge in [0, 0.05) is 28.7 Å². The van der Waals surface area contributed by atoms with Gasteiger partial charge in [-0.3, -0.25) is 0 Å². The highest BCUT2D eigenvalue weighted by atomic mass is 35.5. The molecule has 15 heavy (non-hydrogen) atoms. The van der Waals surface area contributed by atoms with Gasteiger partial charge in [-0.1, -0.05) is 43.6 Å². The lowest BCUT2D eigenvalue weighted by atomic mass is 9.84. The first kappa shape index (κ1) is 10.8. The minimum absolute atomic E-state index is 0.147. The topological polar surface area (TPSA) is 3.24 Å². The molecule has 1 nitrogen and oxygen atoms in total. The van der Waals surface area contributed by atoms with E-state index in [0.717, 1.165) is 27.0 Å². The van der Waals surface area contributed by atoms with Crippen molar-refractivity contribution in [3.8, 4) is 0 Å². The van der Waals surface area contributed by atoms with E-state index in [1.165, 1.54) is 0 Å². The third-order valence-electron chi connectivity index (χ3n) is 3.16. The summed E-state index contributed by atoms with van der Waals surface area (Å²) in [6, 6.07) is 3.67. The molecule has 0 unspecified atom stereocenters. The molecule has 0 amide bonds. The molecule has 0 saturated heterocycles. The van der Waals surface area contributed by atoms with Crippen LogP contribution in [0.15, 0.2) is 24.4 Å². The van der Waals surface area contributed by atoms with E-state index < -0.39 is 0 Å². The van der Waals surface area contributed by atoms with Crippen LogP contribution in [0.2, 0.25) is 10.0 Å². The maximum absolute atomic E-state index is 6.23. The zero-order chi connectivity index (χ0) is 11.4. The lowest BCUT2D eigenvalue weighted by molar-refractivity contribution is 0.643. The van der Waals surface area contributed by atoms with Crippen LogP contribution in [0.4, 0.5) is 5.69 Å². The molecule has 0 fully saturated rings. The third kappa shape index (κ3) is 1.30. The van der Waals surface area contributed by atoms with Crippen molar-refractivity contribution in [1.82, 2.24) is 0 Å². The Hall–Kier alpha value is -0.660. The molecule has 1 aromatic rings. The van der Waals surface area contributed by atoms with E-state index in [1.807, 2.05) is 24.1 Å². The van der Waals surface area contributed by atoms with Crippen molar-refractivity contribution in [2.75, 3.05) is 11.9 Å². The number of halogens is 2. The molecule has 2 rings (SSSR count). The van der Waals surface area contributed by atoms with Gasteiger partial charge in [0.1, 0.15) is 0 Å². The van der Waals surface area contributed by atoms with Crippen molar-refractivity contribution >= 4 is 28.9 Å². The van der Waals surface area contributed by atoms with Crippen LogP contribution < -0.4 is 4.90 Å². The second-order valence-corrected chi connectivity index (χ2v) is 5.20. The van der Waals surface area contributed by atoms with E-state index in [1.54, 1.807) is 0 Å². The Morgan fingerprint density at radius 2 is 1.73 bits per heavy atom. The van der Waals surface area contributed by atoms with Gasteiger partial charge in [-0.2, -0.15) is 0 Å². The van der Waals surface area contributed by atoms with Crippen molar-refractivity contribution in [3.05, 3.63) is 40.0 Å². The summed E-state index contributed by atoms with van der Waals surface area (Å²) in [5.41, 5.74) is 2.93. The van der Waals surface area contributed by atoms with Crippen LogP contribution in [0.3, 0.4) is 0 Å². The van der Waals surface area contributed by atoms with Gasteiger partial charge in [0.05, 0.1) is 10.7 Å². The van der Waals surface area contributed by atoms with Gasteiger partial charge in [0.2, 0.25) is 0 Å². The van der Waals surface area contributed by atoms with Crippen LogP contribution in [0.25, 0.3) is 0 Å². The summed E-state index contributed by atoms with van der Waals surface area (Å²) in [6.45, 7) is 8.32. The summed E-state index contributed by atoms with van der Waals surface area (Å²) in [6.07, 6.45) is 0. The molecule has 1 aliphatic rings. The molecule has 1 aliphatic heterocycles. The van der Waals surface area contributed by atoms with Crippen molar-refractivity contribution in [2.45, 2.75) is 19.3 Å². The number of rotatable bonds is 0. The lowest BCUT2D eigenvalue weighted by Gasteiger charge is -2.22. The number of allylic oxidation sites excluding steroid dienone is 1. The molecule has 0 radical (unpaired) electrons. The fourth-order valence-electron chi connectivity index (χ4n) is 2.16. The van der Waals surface area contributed by atoms with Gasteiger partial charge >= 0.3 is 0 Å².